The quantitative estimate of drug-likeness (QED) is 0.834. The summed E-state index contributed by atoms with van der Waals surface area (Å²) < 4.78 is 6.22. The van der Waals surface area contributed by atoms with Crippen molar-refractivity contribution in [2.75, 3.05) is 26.2 Å². The summed E-state index contributed by atoms with van der Waals surface area (Å²) in [6, 6.07) is 7.88. The lowest BCUT2D eigenvalue weighted by Gasteiger charge is -2.46. The highest BCUT2D eigenvalue weighted by atomic mass is 16.5. The minimum atomic E-state index is -0.634. The van der Waals surface area contributed by atoms with Gasteiger partial charge in [0.25, 0.3) is 5.91 Å². The Morgan fingerprint density at radius 2 is 1.83 bits per heavy atom. The molecule has 5 rings (SSSR count). The van der Waals surface area contributed by atoms with Gasteiger partial charge in [-0.1, -0.05) is 25.0 Å². The van der Waals surface area contributed by atoms with E-state index in [2.05, 4.69) is 15.1 Å². The van der Waals surface area contributed by atoms with Gasteiger partial charge in [-0.3, -0.25) is 14.5 Å². The molecule has 1 N–H and O–H groups in total. The van der Waals surface area contributed by atoms with Gasteiger partial charge < -0.3 is 15.0 Å². The summed E-state index contributed by atoms with van der Waals surface area (Å²) >= 11 is 0. The maximum absolute atomic E-state index is 13.1. The second-order valence-electron chi connectivity index (χ2n) is 9.16. The van der Waals surface area contributed by atoms with Crippen molar-refractivity contribution in [3.8, 4) is 5.75 Å². The predicted molar refractivity (Wildman–Crippen MR) is 110 cm³/mol. The number of para-hydroxylation sites is 1. The van der Waals surface area contributed by atoms with Crippen molar-refractivity contribution in [1.29, 1.82) is 0 Å². The summed E-state index contributed by atoms with van der Waals surface area (Å²) in [5.74, 6) is 1.61. The fraction of sp³-hybridized carbons (Fsp3) is 0.652. The lowest BCUT2D eigenvalue weighted by Crippen LogP contribution is -2.62. The van der Waals surface area contributed by atoms with E-state index < -0.39 is 5.72 Å². The zero-order chi connectivity index (χ0) is 19.8. The first-order valence-electron chi connectivity index (χ1n) is 11.3. The number of nitrogens with one attached hydrogen (secondary N) is 1. The van der Waals surface area contributed by atoms with Crippen molar-refractivity contribution in [3.05, 3.63) is 29.8 Å². The van der Waals surface area contributed by atoms with Crippen molar-refractivity contribution < 1.29 is 14.3 Å². The highest BCUT2D eigenvalue weighted by Crippen LogP contribution is 2.36. The summed E-state index contributed by atoms with van der Waals surface area (Å²) in [7, 11) is 0. The van der Waals surface area contributed by atoms with Crippen molar-refractivity contribution in [2.45, 2.75) is 63.1 Å². The largest absolute Gasteiger partial charge is 0.467 e. The molecule has 3 heterocycles. The Labute approximate surface area is 172 Å². The lowest BCUT2D eigenvalue weighted by atomic mass is 9.78. The molecule has 3 aliphatic heterocycles. The summed E-state index contributed by atoms with van der Waals surface area (Å²) in [5.41, 5.74) is -0.0345. The molecule has 156 valence electrons. The van der Waals surface area contributed by atoms with E-state index in [1.165, 1.54) is 32.1 Å². The number of likely N-dealkylation sites (tertiary alicyclic amines) is 2. The molecule has 1 aromatic rings. The van der Waals surface area contributed by atoms with Gasteiger partial charge in [0.15, 0.2) is 5.72 Å². The Kier molecular flexibility index (Phi) is 4.98. The number of hydrogen-bond donors (Lipinski definition) is 1. The molecule has 1 aromatic carbocycles. The van der Waals surface area contributed by atoms with Crippen LogP contribution in [0.15, 0.2) is 24.3 Å². The van der Waals surface area contributed by atoms with Crippen LogP contribution in [0, 0.1) is 5.92 Å². The number of carbonyl (C=O) groups excluding carboxylic acids is 2. The van der Waals surface area contributed by atoms with Crippen molar-refractivity contribution >= 4 is 11.8 Å². The zero-order valence-electron chi connectivity index (χ0n) is 17.1. The minimum absolute atomic E-state index is 0.0620. The molecule has 0 radical (unpaired) electrons. The number of piperidine rings is 2. The number of rotatable bonds is 2. The number of amides is 2. The Balaban J connectivity index is 1.19. The molecule has 6 nitrogen and oxygen atoms in total. The Morgan fingerprint density at radius 3 is 2.69 bits per heavy atom. The molecule has 6 heteroatoms. The van der Waals surface area contributed by atoms with E-state index in [0.717, 1.165) is 32.0 Å². The number of carbonyl (C=O) groups is 2. The second-order valence-corrected chi connectivity index (χ2v) is 9.16. The molecule has 1 aliphatic carbocycles. The topological polar surface area (TPSA) is 61.9 Å². The molecule has 2 unspecified atom stereocenters. The average Bonchev–Trinajstić information content (AvgIpc) is 2.75. The SMILES string of the molecule is O=C1NC2(CCN(CC(=O)N3CCCC4CCCCC43)CC2)Oc2ccccc21. The molecular weight excluding hydrogens is 366 g/mol. The molecule has 2 atom stereocenters. The Morgan fingerprint density at radius 1 is 1.07 bits per heavy atom. The van der Waals surface area contributed by atoms with Crippen molar-refractivity contribution in [2.24, 2.45) is 5.92 Å². The molecule has 1 spiro atoms. The number of fused-ring (bicyclic) bond motifs is 2. The number of ether oxygens (including phenoxy) is 1. The van der Waals surface area contributed by atoms with Crippen LogP contribution in [0.5, 0.6) is 5.75 Å². The number of benzene rings is 1. The van der Waals surface area contributed by atoms with Gasteiger partial charge in [-0.15, -0.1) is 0 Å². The van der Waals surface area contributed by atoms with E-state index in [0.29, 0.717) is 36.7 Å². The molecule has 0 aromatic heterocycles. The summed E-state index contributed by atoms with van der Waals surface area (Å²) in [6.45, 7) is 2.93. The Bertz CT molecular complexity index is 785. The third kappa shape index (κ3) is 3.63. The van der Waals surface area contributed by atoms with E-state index in [1.54, 1.807) is 6.07 Å². The van der Waals surface area contributed by atoms with Crippen LogP contribution in [0.3, 0.4) is 0 Å². The second kappa shape index (κ2) is 7.63. The Hall–Kier alpha value is -2.08. The molecule has 3 fully saturated rings. The monoisotopic (exact) mass is 397 g/mol. The molecule has 1 saturated carbocycles. The number of hydrogen-bond acceptors (Lipinski definition) is 4. The average molecular weight is 398 g/mol. The first-order chi connectivity index (χ1) is 14.1. The van der Waals surface area contributed by atoms with Gasteiger partial charge in [0.1, 0.15) is 5.75 Å². The maximum Gasteiger partial charge on any atom is 0.258 e. The van der Waals surface area contributed by atoms with E-state index in [4.69, 9.17) is 4.74 Å². The van der Waals surface area contributed by atoms with Crippen molar-refractivity contribution in [1.82, 2.24) is 15.1 Å². The van der Waals surface area contributed by atoms with E-state index in [-0.39, 0.29) is 11.8 Å². The first kappa shape index (κ1) is 18.9. The molecule has 29 heavy (non-hydrogen) atoms. The van der Waals surface area contributed by atoms with Crippen molar-refractivity contribution in [3.63, 3.8) is 0 Å². The minimum Gasteiger partial charge on any atom is -0.467 e. The lowest BCUT2D eigenvalue weighted by molar-refractivity contribution is -0.140. The van der Waals surface area contributed by atoms with Crippen LogP contribution in [0.2, 0.25) is 0 Å². The van der Waals surface area contributed by atoms with Crippen LogP contribution in [0.4, 0.5) is 0 Å². The fourth-order valence-corrected chi connectivity index (χ4v) is 5.77. The van der Waals surface area contributed by atoms with Crippen LogP contribution < -0.4 is 10.1 Å². The van der Waals surface area contributed by atoms with Gasteiger partial charge in [0.05, 0.1) is 12.1 Å². The zero-order valence-corrected chi connectivity index (χ0v) is 17.1. The smallest absolute Gasteiger partial charge is 0.258 e. The van der Waals surface area contributed by atoms with Crippen LogP contribution in [-0.2, 0) is 4.79 Å². The van der Waals surface area contributed by atoms with E-state index in [9.17, 15) is 9.59 Å². The van der Waals surface area contributed by atoms with Gasteiger partial charge in [-0.05, 0) is 43.7 Å². The maximum atomic E-state index is 13.1. The van der Waals surface area contributed by atoms with Gasteiger partial charge in [-0.2, -0.15) is 0 Å². The number of nitrogens with zero attached hydrogens (tertiary/aromatic N) is 2. The van der Waals surface area contributed by atoms with Gasteiger partial charge in [-0.25, -0.2) is 0 Å². The third-order valence-electron chi connectivity index (χ3n) is 7.36. The van der Waals surface area contributed by atoms with Crippen LogP contribution in [-0.4, -0.2) is 59.6 Å². The standard InChI is InChI=1S/C23H31N3O3/c27-21(26-13-5-7-17-6-1-3-9-19(17)26)16-25-14-11-23(12-15-25)24-22(28)18-8-2-4-10-20(18)29-23/h2,4,8,10,17,19H,1,3,5-7,9,11-16H2,(H,24,28). The van der Waals surface area contributed by atoms with Crippen LogP contribution >= 0.6 is 0 Å². The van der Waals surface area contributed by atoms with Gasteiger partial charge >= 0.3 is 0 Å². The normalized spacial score (nSPS) is 28.8. The van der Waals surface area contributed by atoms with E-state index >= 15 is 0 Å². The predicted octanol–water partition coefficient (Wildman–Crippen LogP) is 2.78. The van der Waals surface area contributed by atoms with E-state index in [1.807, 2.05) is 18.2 Å². The third-order valence-corrected chi connectivity index (χ3v) is 7.36. The summed E-state index contributed by atoms with van der Waals surface area (Å²) in [4.78, 5) is 30.0. The first-order valence-corrected chi connectivity index (χ1v) is 11.3. The highest BCUT2D eigenvalue weighted by molar-refractivity contribution is 5.98. The van der Waals surface area contributed by atoms with Gasteiger partial charge in [0.2, 0.25) is 5.91 Å². The van der Waals surface area contributed by atoms with Crippen LogP contribution in [0.1, 0.15) is 61.7 Å². The van der Waals surface area contributed by atoms with Crippen LogP contribution in [0.25, 0.3) is 0 Å². The van der Waals surface area contributed by atoms with Gasteiger partial charge in [0, 0.05) is 38.5 Å². The molecule has 2 saturated heterocycles. The fourth-order valence-electron chi connectivity index (χ4n) is 5.77. The molecular formula is C23H31N3O3. The summed E-state index contributed by atoms with van der Waals surface area (Å²) in [5, 5.41) is 3.08. The molecule has 2 amide bonds. The highest BCUT2D eigenvalue weighted by Gasteiger charge is 2.43. The molecule has 4 aliphatic rings. The summed E-state index contributed by atoms with van der Waals surface area (Å²) in [6.07, 6.45) is 8.90. The molecule has 0 bridgehead atoms.